The second-order valence-electron chi connectivity index (χ2n) is 5.74. The Morgan fingerprint density at radius 3 is 3.00 bits per heavy atom. The number of esters is 1. The summed E-state index contributed by atoms with van der Waals surface area (Å²) in [5.41, 5.74) is 2.02. The monoisotopic (exact) mass is 292 g/mol. The van der Waals surface area contributed by atoms with Crippen molar-refractivity contribution < 1.29 is 24.5 Å². The second kappa shape index (κ2) is 5.66. The number of hydrogen-bond acceptors (Lipinski definition) is 5. The van der Waals surface area contributed by atoms with Crippen molar-refractivity contribution in [3.8, 4) is 5.75 Å². The minimum atomic E-state index is -0.517. The van der Waals surface area contributed by atoms with Crippen LogP contribution in [0.5, 0.6) is 5.75 Å². The van der Waals surface area contributed by atoms with Crippen molar-refractivity contribution in [2.75, 3.05) is 13.7 Å². The van der Waals surface area contributed by atoms with Gasteiger partial charge in [-0.2, -0.15) is 0 Å². The van der Waals surface area contributed by atoms with Crippen molar-refractivity contribution in [3.63, 3.8) is 0 Å². The second-order valence-corrected chi connectivity index (χ2v) is 5.74. The van der Waals surface area contributed by atoms with E-state index in [9.17, 15) is 15.0 Å². The van der Waals surface area contributed by atoms with E-state index in [0.29, 0.717) is 19.3 Å². The third kappa shape index (κ3) is 2.40. The van der Waals surface area contributed by atoms with Gasteiger partial charge in [0.25, 0.3) is 0 Å². The third-order valence-corrected chi connectivity index (χ3v) is 4.62. The topological polar surface area (TPSA) is 76.0 Å². The van der Waals surface area contributed by atoms with E-state index in [0.717, 1.165) is 16.9 Å². The van der Waals surface area contributed by atoms with Crippen molar-refractivity contribution in [1.29, 1.82) is 0 Å². The van der Waals surface area contributed by atoms with E-state index < -0.39 is 6.10 Å². The van der Waals surface area contributed by atoms with E-state index in [1.54, 1.807) is 0 Å². The van der Waals surface area contributed by atoms with Crippen LogP contribution in [0.1, 0.15) is 29.9 Å². The van der Waals surface area contributed by atoms with Crippen LogP contribution in [0.15, 0.2) is 18.2 Å². The molecule has 5 nitrogen and oxygen atoms in total. The van der Waals surface area contributed by atoms with Crippen LogP contribution in [0.4, 0.5) is 0 Å². The van der Waals surface area contributed by atoms with Crippen LogP contribution in [0.25, 0.3) is 0 Å². The lowest BCUT2D eigenvalue weighted by Crippen LogP contribution is -2.22. The van der Waals surface area contributed by atoms with E-state index in [2.05, 4.69) is 4.74 Å². The molecule has 2 N–H and O–H groups in total. The predicted octanol–water partition coefficient (Wildman–Crippen LogP) is 1.01. The van der Waals surface area contributed by atoms with Crippen LogP contribution in [-0.2, 0) is 16.0 Å². The van der Waals surface area contributed by atoms with Gasteiger partial charge >= 0.3 is 5.97 Å². The normalized spacial score (nSPS) is 29.7. The first kappa shape index (κ1) is 14.4. The van der Waals surface area contributed by atoms with Crippen molar-refractivity contribution >= 4 is 5.97 Å². The van der Waals surface area contributed by atoms with E-state index in [-0.39, 0.29) is 30.5 Å². The Balaban J connectivity index is 1.85. The van der Waals surface area contributed by atoms with Gasteiger partial charge in [0.15, 0.2) is 0 Å². The molecular formula is C16H20O5. The molecule has 0 radical (unpaired) electrons. The minimum Gasteiger partial charge on any atom is -0.489 e. The summed E-state index contributed by atoms with van der Waals surface area (Å²) < 4.78 is 10.7. The fourth-order valence-corrected chi connectivity index (χ4v) is 3.56. The van der Waals surface area contributed by atoms with Crippen molar-refractivity contribution in [2.24, 2.45) is 5.92 Å². The molecule has 5 heteroatoms. The number of ether oxygens (including phenoxy) is 2. The Kier molecular flexibility index (Phi) is 3.87. The van der Waals surface area contributed by atoms with Gasteiger partial charge in [0.05, 0.1) is 13.2 Å². The Bertz CT molecular complexity index is 541. The summed E-state index contributed by atoms with van der Waals surface area (Å²) in [6, 6.07) is 5.88. The van der Waals surface area contributed by atoms with Crippen LogP contribution >= 0.6 is 0 Å². The Labute approximate surface area is 123 Å². The average molecular weight is 292 g/mol. The minimum absolute atomic E-state index is 0.0399. The highest BCUT2D eigenvalue weighted by Crippen LogP contribution is 2.51. The van der Waals surface area contributed by atoms with E-state index in [4.69, 9.17) is 4.74 Å². The molecule has 1 heterocycles. The number of methoxy groups -OCH3 is 1. The molecule has 1 aromatic rings. The van der Waals surface area contributed by atoms with E-state index >= 15 is 0 Å². The summed E-state index contributed by atoms with van der Waals surface area (Å²) in [4.78, 5) is 11.3. The fraction of sp³-hybridized carbons (Fsp3) is 0.562. The van der Waals surface area contributed by atoms with E-state index in [1.807, 2.05) is 18.2 Å². The molecule has 0 amide bonds. The fourth-order valence-electron chi connectivity index (χ4n) is 3.56. The SMILES string of the molecule is COC(=O)CCc1cccc2c1O[C@H]1C[C@@H](O)[C@H](CO)[C@@H]21. The molecular weight excluding hydrogens is 272 g/mol. The molecule has 0 saturated heterocycles. The van der Waals surface area contributed by atoms with Gasteiger partial charge < -0.3 is 19.7 Å². The number of benzene rings is 1. The molecule has 4 atom stereocenters. The predicted molar refractivity (Wildman–Crippen MR) is 75.1 cm³/mol. The lowest BCUT2D eigenvalue weighted by Gasteiger charge is -2.18. The average Bonchev–Trinajstić information content (AvgIpc) is 2.99. The molecule has 1 aliphatic carbocycles. The molecule has 1 aliphatic heterocycles. The Hall–Kier alpha value is -1.59. The number of hydrogen-bond donors (Lipinski definition) is 2. The highest BCUT2D eigenvalue weighted by Gasteiger charge is 2.49. The summed E-state index contributed by atoms with van der Waals surface area (Å²) in [7, 11) is 1.38. The first-order valence-corrected chi connectivity index (χ1v) is 7.30. The molecule has 1 saturated carbocycles. The zero-order valence-electron chi connectivity index (χ0n) is 12.0. The number of para-hydroxylation sites is 1. The molecule has 1 aromatic carbocycles. The summed E-state index contributed by atoms with van der Waals surface area (Å²) in [6.07, 6.45) is 0.837. The van der Waals surface area contributed by atoms with Gasteiger partial charge in [-0.25, -0.2) is 0 Å². The summed E-state index contributed by atoms with van der Waals surface area (Å²) >= 11 is 0. The third-order valence-electron chi connectivity index (χ3n) is 4.62. The molecule has 3 rings (SSSR count). The molecule has 2 aliphatic rings. The number of carbonyl (C=O) groups excluding carboxylic acids is 1. The number of rotatable bonds is 4. The highest BCUT2D eigenvalue weighted by molar-refractivity contribution is 5.69. The molecule has 21 heavy (non-hydrogen) atoms. The molecule has 0 unspecified atom stereocenters. The van der Waals surface area contributed by atoms with Crippen LogP contribution < -0.4 is 4.74 Å². The zero-order chi connectivity index (χ0) is 15.0. The Morgan fingerprint density at radius 1 is 1.48 bits per heavy atom. The molecule has 1 fully saturated rings. The van der Waals surface area contributed by atoms with Crippen LogP contribution in [0.3, 0.4) is 0 Å². The smallest absolute Gasteiger partial charge is 0.305 e. The highest BCUT2D eigenvalue weighted by atomic mass is 16.5. The summed E-state index contributed by atoms with van der Waals surface area (Å²) in [6.45, 7) is -0.0441. The molecule has 0 spiro atoms. The first-order valence-electron chi connectivity index (χ1n) is 7.30. The number of carbonyl (C=O) groups is 1. The van der Waals surface area contributed by atoms with Gasteiger partial charge in [-0.15, -0.1) is 0 Å². The van der Waals surface area contributed by atoms with Crippen molar-refractivity contribution in [1.82, 2.24) is 0 Å². The lowest BCUT2D eigenvalue weighted by molar-refractivity contribution is -0.140. The van der Waals surface area contributed by atoms with Crippen LogP contribution in [-0.4, -0.2) is 42.1 Å². The molecule has 0 bridgehead atoms. The summed E-state index contributed by atoms with van der Waals surface area (Å²) in [5, 5.41) is 19.5. The standard InChI is InChI=1S/C16H20O5/c1-20-14(19)6-5-9-3-2-4-10-15-11(8-17)12(18)7-13(15)21-16(9)10/h2-4,11-13,15,17-18H,5-8H2,1H3/t11-,12+,13-,15+/m0/s1. The maximum atomic E-state index is 11.3. The number of aryl methyl sites for hydroxylation is 1. The lowest BCUT2D eigenvalue weighted by atomic mass is 9.87. The number of aliphatic hydroxyl groups excluding tert-OH is 2. The van der Waals surface area contributed by atoms with Crippen molar-refractivity contribution in [3.05, 3.63) is 29.3 Å². The van der Waals surface area contributed by atoms with Crippen molar-refractivity contribution in [2.45, 2.75) is 37.4 Å². The van der Waals surface area contributed by atoms with Gasteiger partial charge in [-0.05, 0) is 12.0 Å². The summed E-state index contributed by atoms with van der Waals surface area (Å²) in [5.74, 6) is 0.446. The maximum Gasteiger partial charge on any atom is 0.305 e. The Morgan fingerprint density at radius 2 is 2.29 bits per heavy atom. The van der Waals surface area contributed by atoms with Crippen LogP contribution in [0.2, 0.25) is 0 Å². The van der Waals surface area contributed by atoms with E-state index in [1.165, 1.54) is 7.11 Å². The zero-order valence-corrected chi connectivity index (χ0v) is 12.0. The first-order chi connectivity index (χ1) is 10.2. The van der Waals surface area contributed by atoms with Gasteiger partial charge in [0, 0.05) is 36.8 Å². The maximum absolute atomic E-state index is 11.3. The quantitative estimate of drug-likeness (QED) is 0.810. The van der Waals surface area contributed by atoms with Gasteiger partial charge in [0.2, 0.25) is 0 Å². The number of aliphatic hydroxyl groups is 2. The largest absolute Gasteiger partial charge is 0.489 e. The van der Waals surface area contributed by atoms with Gasteiger partial charge in [-0.3, -0.25) is 4.79 Å². The van der Waals surface area contributed by atoms with Crippen LogP contribution in [0, 0.1) is 5.92 Å². The molecule has 114 valence electrons. The van der Waals surface area contributed by atoms with Gasteiger partial charge in [0.1, 0.15) is 11.9 Å². The molecule has 0 aromatic heterocycles. The van der Waals surface area contributed by atoms with Gasteiger partial charge in [-0.1, -0.05) is 18.2 Å². The number of fused-ring (bicyclic) bond motifs is 3.